The number of hydrazone groups is 1. The highest BCUT2D eigenvalue weighted by atomic mass is 16.6. The van der Waals surface area contributed by atoms with E-state index in [-0.39, 0.29) is 35.1 Å². The van der Waals surface area contributed by atoms with Gasteiger partial charge in [-0.25, -0.2) is 10.2 Å². The molecule has 0 aliphatic rings. The molecule has 0 saturated carbocycles. The van der Waals surface area contributed by atoms with Crippen molar-refractivity contribution in [1.82, 2.24) is 5.43 Å². The Bertz CT molecular complexity index is 1310. The summed E-state index contributed by atoms with van der Waals surface area (Å²) >= 11 is 0. The van der Waals surface area contributed by atoms with Gasteiger partial charge in [-0.2, -0.15) is 10.4 Å². The van der Waals surface area contributed by atoms with Crippen LogP contribution in [0, 0.1) is 21.4 Å². The van der Waals surface area contributed by atoms with Crippen LogP contribution in [0.4, 0.5) is 5.69 Å². The molecule has 0 atom stereocenters. The van der Waals surface area contributed by atoms with Crippen LogP contribution < -0.4 is 19.6 Å². The number of benzene rings is 3. The molecule has 11 heteroatoms. The van der Waals surface area contributed by atoms with Gasteiger partial charge in [-0.3, -0.25) is 14.9 Å². The first kappa shape index (κ1) is 24.4. The van der Waals surface area contributed by atoms with E-state index >= 15 is 0 Å². The van der Waals surface area contributed by atoms with E-state index in [2.05, 4.69) is 10.5 Å². The summed E-state index contributed by atoms with van der Waals surface area (Å²) in [6.07, 6.45) is 1.35. The van der Waals surface area contributed by atoms with Crippen molar-refractivity contribution < 1.29 is 28.7 Å². The van der Waals surface area contributed by atoms with Crippen LogP contribution >= 0.6 is 0 Å². The van der Waals surface area contributed by atoms with Crippen molar-refractivity contribution in [3.05, 3.63) is 93.5 Å². The second-order valence-electron chi connectivity index (χ2n) is 6.79. The molecule has 0 aliphatic heterocycles. The Morgan fingerprint density at radius 3 is 2.51 bits per heavy atom. The minimum absolute atomic E-state index is 0.126. The van der Waals surface area contributed by atoms with Gasteiger partial charge in [0.25, 0.3) is 11.6 Å². The molecule has 1 N–H and O–H groups in total. The minimum Gasteiger partial charge on any atom is -0.493 e. The molecule has 0 unspecified atom stereocenters. The minimum atomic E-state index is -0.718. The fourth-order valence-corrected chi connectivity index (χ4v) is 2.77. The largest absolute Gasteiger partial charge is 0.493 e. The van der Waals surface area contributed by atoms with Crippen LogP contribution in [0.25, 0.3) is 0 Å². The number of para-hydroxylation sites is 1. The van der Waals surface area contributed by atoms with Gasteiger partial charge in [0.15, 0.2) is 18.1 Å². The normalized spacial score (nSPS) is 10.3. The highest BCUT2D eigenvalue weighted by Gasteiger charge is 2.14. The molecule has 0 bridgehead atoms. The summed E-state index contributed by atoms with van der Waals surface area (Å²) in [5.74, 6) is -0.606. The summed E-state index contributed by atoms with van der Waals surface area (Å²) in [5.41, 5.74) is 3.14. The quantitative estimate of drug-likeness (QED) is 0.163. The van der Waals surface area contributed by atoms with E-state index in [1.807, 2.05) is 6.07 Å². The average Bonchev–Trinajstić information content (AvgIpc) is 2.88. The van der Waals surface area contributed by atoms with Gasteiger partial charge in [-0.05, 0) is 48.0 Å². The molecular formula is C24H18N4O7. The van der Waals surface area contributed by atoms with E-state index in [1.54, 1.807) is 30.3 Å². The van der Waals surface area contributed by atoms with E-state index < -0.39 is 16.8 Å². The predicted octanol–water partition coefficient (Wildman–Crippen LogP) is 3.22. The fraction of sp³-hybridized carbons (Fsp3) is 0.0833. The maximum Gasteiger partial charge on any atom is 0.343 e. The van der Waals surface area contributed by atoms with Gasteiger partial charge in [0, 0.05) is 12.1 Å². The van der Waals surface area contributed by atoms with Crippen LogP contribution in [0.5, 0.6) is 17.2 Å². The molecule has 0 spiro atoms. The van der Waals surface area contributed by atoms with Crippen LogP contribution in [0.1, 0.15) is 21.5 Å². The molecule has 0 heterocycles. The van der Waals surface area contributed by atoms with Crippen molar-refractivity contribution in [2.45, 2.75) is 0 Å². The van der Waals surface area contributed by atoms with Gasteiger partial charge in [-0.1, -0.05) is 12.1 Å². The maximum absolute atomic E-state index is 12.3. The van der Waals surface area contributed by atoms with Gasteiger partial charge < -0.3 is 14.2 Å². The van der Waals surface area contributed by atoms with Crippen molar-refractivity contribution >= 4 is 23.8 Å². The summed E-state index contributed by atoms with van der Waals surface area (Å²) in [4.78, 5) is 34.5. The fourth-order valence-electron chi connectivity index (χ4n) is 2.77. The van der Waals surface area contributed by atoms with E-state index in [1.165, 1.54) is 49.7 Å². The number of nitro groups is 1. The molecule has 0 aliphatic carbocycles. The van der Waals surface area contributed by atoms with Crippen LogP contribution in [-0.2, 0) is 4.79 Å². The lowest BCUT2D eigenvalue weighted by molar-refractivity contribution is -0.384. The number of carbonyl (C=O) groups is 2. The summed E-state index contributed by atoms with van der Waals surface area (Å²) < 4.78 is 15.9. The summed E-state index contributed by atoms with van der Waals surface area (Å²) in [6.45, 7) is -0.336. The van der Waals surface area contributed by atoms with Gasteiger partial charge in [0.2, 0.25) is 0 Å². The highest BCUT2D eigenvalue weighted by molar-refractivity contribution is 5.92. The lowest BCUT2D eigenvalue weighted by Gasteiger charge is -2.10. The van der Waals surface area contributed by atoms with Gasteiger partial charge in [0.05, 0.1) is 29.4 Å². The number of nitro benzene ring substituents is 1. The average molecular weight is 474 g/mol. The molecule has 35 heavy (non-hydrogen) atoms. The van der Waals surface area contributed by atoms with E-state index in [0.717, 1.165) is 0 Å². The van der Waals surface area contributed by atoms with Gasteiger partial charge in [0.1, 0.15) is 11.8 Å². The number of nitrogens with zero attached hydrogens (tertiary/aromatic N) is 3. The SMILES string of the molecule is COc1cc(/C=N\NC(=O)COc2ccccc2C#N)ccc1OC(=O)c1ccc([N+](=O)[O-])cc1. The second-order valence-corrected chi connectivity index (χ2v) is 6.79. The zero-order chi connectivity index (χ0) is 25.2. The number of rotatable bonds is 9. The smallest absolute Gasteiger partial charge is 0.343 e. The number of methoxy groups -OCH3 is 1. The van der Waals surface area contributed by atoms with Crippen LogP contribution in [0.2, 0.25) is 0 Å². The standard InChI is InChI=1S/C24H18N4O7/c1-33-22-12-16(14-26-27-23(29)15-34-20-5-3-2-4-18(20)13-25)6-11-21(22)35-24(30)17-7-9-19(10-8-17)28(31)32/h2-12,14H,15H2,1H3,(H,27,29)/b26-14-. The number of amides is 1. The summed E-state index contributed by atoms with van der Waals surface area (Å²) in [6, 6.07) is 18.1. The first-order chi connectivity index (χ1) is 16.9. The number of carbonyl (C=O) groups excluding carboxylic acids is 2. The monoisotopic (exact) mass is 474 g/mol. The first-order valence-corrected chi connectivity index (χ1v) is 9.99. The Morgan fingerprint density at radius 2 is 1.83 bits per heavy atom. The number of nitrogens with one attached hydrogen (secondary N) is 1. The summed E-state index contributed by atoms with van der Waals surface area (Å²) in [7, 11) is 1.39. The van der Waals surface area contributed by atoms with Crippen LogP contribution in [-0.4, -0.2) is 36.7 Å². The van der Waals surface area contributed by atoms with Gasteiger partial charge in [-0.15, -0.1) is 0 Å². The number of esters is 1. The van der Waals surface area contributed by atoms with Crippen molar-refractivity contribution in [2.75, 3.05) is 13.7 Å². The predicted molar refractivity (Wildman–Crippen MR) is 123 cm³/mol. The molecule has 11 nitrogen and oxygen atoms in total. The number of non-ortho nitro benzene ring substituents is 1. The molecule has 3 rings (SSSR count). The lowest BCUT2D eigenvalue weighted by atomic mass is 10.2. The van der Waals surface area contributed by atoms with Crippen LogP contribution in [0.15, 0.2) is 71.8 Å². The molecule has 176 valence electrons. The van der Waals surface area contributed by atoms with E-state index in [4.69, 9.17) is 19.5 Å². The molecule has 1 amide bonds. The molecule has 0 saturated heterocycles. The van der Waals surface area contributed by atoms with Crippen molar-refractivity contribution in [3.63, 3.8) is 0 Å². The number of ether oxygens (including phenoxy) is 3. The van der Waals surface area contributed by atoms with Crippen molar-refractivity contribution in [3.8, 4) is 23.3 Å². The zero-order valence-electron chi connectivity index (χ0n) is 18.3. The Morgan fingerprint density at radius 1 is 1.09 bits per heavy atom. The highest BCUT2D eigenvalue weighted by Crippen LogP contribution is 2.28. The third-order valence-corrected chi connectivity index (χ3v) is 4.47. The molecule has 0 aromatic heterocycles. The first-order valence-electron chi connectivity index (χ1n) is 9.99. The summed E-state index contributed by atoms with van der Waals surface area (Å²) in [5, 5.41) is 23.6. The van der Waals surface area contributed by atoms with E-state index in [0.29, 0.717) is 11.1 Å². The third kappa shape index (κ3) is 6.62. The lowest BCUT2D eigenvalue weighted by Crippen LogP contribution is -2.24. The molecule has 3 aromatic carbocycles. The maximum atomic E-state index is 12.3. The topological polar surface area (TPSA) is 153 Å². The Balaban J connectivity index is 1.58. The molecule has 0 radical (unpaired) electrons. The Hall–Kier alpha value is -5.24. The number of hydrogen-bond donors (Lipinski definition) is 1. The molecular weight excluding hydrogens is 456 g/mol. The van der Waals surface area contributed by atoms with Crippen molar-refractivity contribution in [1.29, 1.82) is 5.26 Å². The Kier molecular flexibility index (Phi) is 8.07. The van der Waals surface area contributed by atoms with Crippen molar-refractivity contribution in [2.24, 2.45) is 5.10 Å². The molecule has 0 fully saturated rings. The number of hydrogen-bond acceptors (Lipinski definition) is 9. The Labute approximate surface area is 199 Å². The second kappa shape index (κ2) is 11.6. The third-order valence-electron chi connectivity index (χ3n) is 4.47. The van der Waals surface area contributed by atoms with E-state index in [9.17, 15) is 19.7 Å². The number of nitriles is 1. The zero-order valence-corrected chi connectivity index (χ0v) is 18.3. The van der Waals surface area contributed by atoms with Crippen LogP contribution in [0.3, 0.4) is 0 Å². The van der Waals surface area contributed by atoms with Gasteiger partial charge >= 0.3 is 5.97 Å². The molecule has 3 aromatic rings.